The maximum atomic E-state index is 3.95. The summed E-state index contributed by atoms with van der Waals surface area (Å²) in [5.74, 6) is 0. The maximum Gasteiger partial charge on any atom is 0.0951 e. The lowest BCUT2D eigenvalue weighted by Crippen LogP contribution is -1.97. The Morgan fingerprint density at radius 2 is 2.45 bits per heavy atom. The van der Waals surface area contributed by atoms with Crippen molar-refractivity contribution in [1.82, 2.24) is 9.55 Å². The van der Waals surface area contributed by atoms with E-state index in [0.717, 1.165) is 0 Å². The zero-order chi connectivity index (χ0) is 8.10. The molecule has 1 unspecified atom stereocenters. The molecule has 1 rings (SSSR count). The largest absolute Gasteiger partial charge is 0.331 e. The quantitative estimate of drug-likeness (QED) is 0.601. The second kappa shape index (κ2) is 3.76. The van der Waals surface area contributed by atoms with Gasteiger partial charge in [0.05, 0.1) is 12.4 Å². The molecule has 0 bridgehead atoms. The lowest BCUT2D eigenvalue weighted by molar-refractivity contribution is 0.660. The highest BCUT2D eigenvalue weighted by atomic mass is 15.0. The van der Waals surface area contributed by atoms with Crippen LogP contribution in [-0.2, 0) is 0 Å². The van der Waals surface area contributed by atoms with Crippen LogP contribution in [0.2, 0.25) is 0 Å². The zero-order valence-corrected chi connectivity index (χ0v) is 6.64. The second-order valence-corrected chi connectivity index (χ2v) is 2.37. The van der Waals surface area contributed by atoms with E-state index in [0.29, 0.717) is 6.04 Å². The molecule has 0 spiro atoms. The number of allylic oxidation sites excluding steroid dienone is 3. The minimum absolute atomic E-state index is 0.357. The Bertz CT molecular complexity index is 234. The van der Waals surface area contributed by atoms with Crippen LogP contribution in [0.1, 0.15) is 13.0 Å². The molecule has 0 fully saturated rings. The normalized spacial score (nSPS) is 13.5. The van der Waals surface area contributed by atoms with Crippen LogP contribution in [0, 0.1) is 0 Å². The summed E-state index contributed by atoms with van der Waals surface area (Å²) in [5.41, 5.74) is 0. The molecule has 0 aliphatic carbocycles. The van der Waals surface area contributed by atoms with Gasteiger partial charge in [0.25, 0.3) is 0 Å². The van der Waals surface area contributed by atoms with E-state index in [2.05, 4.69) is 24.6 Å². The summed E-state index contributed by atoms with van der Waals surface area (Å²) >= 11 is 0. The number of aromatic nitrogens is 2. The van der Waals surface area contributed by atoms with Gasteiger partial charge in [0.15, 0.2) is 0 Å². The summed E-state index contributed by atoms with van der Waals surface area (Å²) in [5, 5.41) is 0. The van der Waals surface area contributed by atoms with Crippen molar-refractivity contribution in [2.24, 2.45) is 0 Å². The molecule has 0 saturated heterocycles. The van der Waals surface area contributed by atoms with Crippen LogP contribution in [0.4, 0.5) is 0 Å². The van der Waals surface area contributed by atoms with Gasteiger partial charge in [-0.25, -0.2) is 4.98 Å². The average molecular weight is 148 g/mol. The molecule has 11 heavy (non-hydrogen) atoms. The van der Waals surface area contributed by atoms with Gasteiger partial charge in [-0.1, -0.05) is 24.8 Å². The first-order valence-electron chi connectivity index (χ1n) is 3.61. The Balaban J connectivity index is 2.62. The summed E-state index contributed by atoms with van der Waals surface area (Å²) in [6.07, 6.45) is 11.3. The van der Waals surface area contributed by atoms with Crippen molar-refractivity contribution >= 4 is 0 Å². The molecule has 1 aromatic heterocycles. The molecule has 0 N–H and O–H groups in total. The van der Waals surface area contributed by atoms with Gasteiger partial charge in [-0.15, -0.1) is 0 Å². The summed E-state index contributed by atoms with van der Waals surface area (Å²) in [7, 11) is 0. The van der Waals surface area contributed by atoms with Crippen molar-refractivity contribution < 1.29 is 0 Å². The van der Waals surface area contributed by atoms with E-state index in [1.807, 2.05) is 16.8 Å². The minimum atomic E-state index is 0.357. The molecule has 1 heterocycles. The molecule has 0 radical (unpaired) electrons. The van der Waals surface area contributed by atoms with Crippen LogP contribution < -0.4 is 0 Å². The monoisotopic (exact) mass is 148 g/mol. The van der Waals surface area contributed by atoms with Crippen LogP contribution in [0.3, 0.4) is 0 Å². The van der Waals surface area contributed by atoms with E-state index in [-0.39, 0.29) is 0 Å². The van der Waals surface area contributed by atoms with Gasteiger partial charge in [0.1, 0.15) is 0 Å². The number of hydrogen-bond acceptors (Lipinski definition) is 1. The topological polar surface area (TPSA) is 17.8 Å². The van der Waals surface area contributed by atoms with Crippen LogP contribution in [0.15, 0.2) is 43.5 Å². The van der Waals surface area contributed by atoms with Gasteiger partial charge in [-0.3, -0.25) is 0 Å². The molecule has 1 aromatic rings. The van der Waals surface area contributed by atoms with Crippen molar-refractivity contribution in [2.75, 3.05) is 0 Å². The first-order valence-corrected chi connectivity index (χ1v) is 3.61. The molecule has 58 valence electrons. The summed E-state index contributed by atoms with van der Waals surface area (Å²) in [6.45, 7) is 5.70. The Morgan fingerprint density at radius 3 is 3.00 bits per heavy atom. The van der Waals surface area contributed by atoms with E-state index in [9.17, 15) is 0 Å². The highest BCUT2D eigenvalue weighted by molar-refractivity contribution is 5.01. The Labute approximate surface area is 66.9 Å². The van der Waals surface area contributed by atoms with Crippen LogP contribution >= 0.6 is 0 Å². The SMILES string of the molecule is C=C/C=C\C(C)n1ccnc1. The molecular weight excluding hydrogens is 136 g/mol. The Kier molecular flexibility index (Phi) is 2.66. The van der Waals surface area contributed by atoms with Crippen molar-refractivity contribution in [3.05, 3.63) is 43.5 Å². The summed E-state index contributed by atoms with van der Waals surface area (Å²) in [4.78, 5) is 3.95. The smallest absolute Gasteiger partial charge is 0.0951 e. The fourth-order valence-electron chi connectivity index (χ4n) is 0.849. The molecule has 0 saturated carbocycles. The van der Waals surface area contributed by atoms with Gasteiger partial charge in [-0.05, 0) is 6.92 Å². The van der Waals surface area contributed by atoms with Crippen LogP contribution in [-0.4, -0.2) is 9.55 Å². The van der Waals surface area contributed by atoms with Crippen LogP contribution in [0.5, 0.6) is 0 Å². The van der Waals surface area contributed by atoms with Gasteiger partial charge in [0, 0.05) is 12.4 Å². The van der Waals surface area contributed by atoms with Crippen LogP contribution in [0.25, 0.3) is 0 Å². The Hall–Kier alpha value is -1.31. The molecule has 0 amide bonds. The standard InChI is InChI=1S/C9H12N2/c1-3-4-5-9(2)11-7-6-10-8-11/h3-9H,1H2,2H3/b5-4-. The Morgan fingerprint density at radius 1 is 1.64 bits per heavy atom. The van der Waals surface area contributed by atoms with E-state index >= 15 is 0 Å². The van der Waals surface area contributed by atoms with Gasteiger partial charge in [0.2, 0.25) is 0 Å². The lowest BCUT2D eigenvalue weighted by Gasteiger charge is -2.05. The predicted molar refractivity (Wildman–Crippen MR) is 46.3 cm³/mol. The number of hydrogen-bond donors (Lipinski definition) is 0. The molecule has 2 heteroatoms. The molecular formula is C9H12N2. The van der Waals surface area contributed by atoms with Crippen molar-refractivity contribution in [3.63, 3.8) is 0 Å². The van der Waals surface area contributed by atoms with E-state index in [4.69, 9.17) is 0 Å². The van der Waals surface area contributed by atoms with E-state index in [1.54, 1.807) is 18.6 Å². The fraction of sp³-hybridized carbons (Fsp3) is 0.222. The summed E-state index contributed by atoms with van der Waals surface area (Å²) in [6, 6.07) is 0.357. The van der Waals surface area contributed by atoms with E-state index < -0.39 is 0 Å². The fourth-order valence-corrected chi connectivity index (χ4v) is 0.849. The third-order valence-corrected chi connectivity index (χ3v) is 1.52. The van der Waals surface area contributed by atoms with Gasteiger partial charge in [-0.2, -0.15) is 0 Å². The highest BCUT2D eigenvalue weighted by Crippen LogP contribution is 2.05. The van der Waals surface area contributed by atoms with Crippen molar-refractivity contribution in [1.29, 1.82) is 0 Å². The summed E-state index contributed by atoms with van der Waals surface area (Å²) < 4.78 is 2.03. The molecule has 0 aromatic carbocycles. The lowest BCUT2D eigenvalue weighted by atomic mass is 10.3. The molecule has 0 aliphatic heterocycles. The minimum Gasteiger partial charge on any atom is -0.331 e. The zero-order valence-electron chi connectivity index (χ0n) is 6.64. The van der Waals surface area contributed by atoms with E-state index in [1.165, 1.54) is 0 Å². The predicted octanol–water partition coefficient (Wildman–Crippen LogP) is 2.19. The number of imidazole rings is 1. The first kappa shape index (κ1) is 7.79. The van der Waals surface area contributed by atoms with Gasteiger partial charge >= 0.3 is 0 Å². The second-order valence-electron chi connectivity index (χ2n) is 2.37. The molecule has 1 atom stereocenters. The molecule has 2 nitrogen and oxygen atoms in total. The third kappa shape index (κ3) is 2.08. The molecule has 0 aliphatic rings. The van der Waals surface area contributed by atoms with Gasteiger partial charge < -0.3 is 4.57 Å². The first-order chi connectivity index (χ1) is 5.34. The third-order valence-electron chi connectivity index (χ3n) is 1.52. The van der Waals surface area contributed by atoms with Crippen molar-refractivity contribution in [2.45, 2.75) is 13.0 Å². The average Bonchev–Trinajstić information content (AvgIpc) is 2.52. The highest BCUT2D eigenvalue weighted by Gasteiger charge is 1.95. The maximum absolute atomic E-state index is 3.95. The number of rotatable bonds is 3. The number of nitrogens with zero attached hydrogens (tertiary/aromatic N) is 2. The van der Waals surface area contributed by atoms with Crippen molar-refractivity contribution in [3.8, 4) is 0 Å².